The Bertz CT molecular complexity index is 597. The van der Waals surface area contributed by atoms with Gasteiger partial charge >= 0.3 is 0 Å². The van der Waals surface area contributed by atoms with E-state index in [1.54, 1.807) is 0 Å². The number of carbonyl (C=O) groups excluding carboxylic acids is 1. The summed E-state index contributed by atoms with van der Waals surface area (Å²) in [5.41, 5.74) is 3.63. The lowest BCUT2D eigenvalue weighted by atomic mass is 9.48. The van der Waals surface area contributed by atoms with Gasteiger partial charge in [0.2, 0.25) is 0 Å². The maximum Gasteiger partial charge on any atom is 0.251 e. The van der Waals surface area contributed by atoms with Crippen LogP contribution in [-0.2, 0) is 0 Å². The molecule has 0 spiro atoms. The van der Waals surface area contributed by atoms with E-state index in [2.05, 4.69) is 32.2 Å². The highest BCUT2D eigenvalue weighted by Crippen LogP contribution is 2.61. The number of hydrogen-bond donors (Lipinski definition) is 1. The Morgan fingerprint density at radius 1 is 1.04 bits per heavy atom. The van der Waals surface area contributed by atoms with Crippen LogP contribution in [0.5, 0.6) is 0 Å². The minimum Gasteiger partial charge on any atom is -0.349 e. The third-order valence-corrected chi connectivity index (χ3v) is 7.12. The lowest BCUT2D eigenvalue weighted by Gasteiger charge is -2.59. The third-order valence-electron chi connectivity index (χ3n) is 7.12. The molecule has 4 fully saturated rings. The standard InChI is InChI=1S/C21H29NO/c1-13-4-5-19(6-14(13)2)20(23)22-15(3)21-10-16-7-17(11-21)9-18(8-16)12-21/h4-6,15-18H,7-12H2,1-3H3,(H,22,23). The Morgan fingerprint density at radius 3 is 2.13 bits per heavy atom. The molecule has 2 nitrogen and oxygen atoms in total. The Kier molecular flexibility index (Phi) is 3.55. The first-order valence-corrected chi connectivity index (χ1v) is 9.33. The van der Waals surface area contributed by atoms with Crippen molar-refractivity contribution in [2.45, 2.75) is 65.3 Å². The average Bonchev–Trinajstić information content (AvgIpc) is 2.48. The smallest absolute Gasteiger partial charge is 0.251 e. The molecule has 4 bridgehead atoms. The van der Waals surface area contributed by atoms with Gasteiger partial charge < -0.3 is 5.32 Å². The number of carbonyl (C=O) groups is 1. The number of aryl methyl sites for hydroxylation is 2. The van der Waals surface area contributed by atoms with Crippen molar-refractivity contribution in [2.24, 2.45) is 23.2 Å². The summed E-state index contributed by atoms with van der Waals surface area (Å²) in [5.74, 6) is 2.91. The first-order valence-electron chi connectivity index (χ1n) is 9.33. The molecule has 4 aliphatic carbocycles. The van der Waals surface area contributed by atoms with Crippen LogP contribution in [0, 0.1) is 37.0 Å². The Balaban J connectivity index is 1.50. The summed E-state index contributed by atoms with van der Waals surface area (Å²) < 4.78 is 0. The molecule has 1 atom stereocenters. The van der Waals surface area contributed by atoms with Gasteiger partial charge in [0.1, 0.15) is 0 Å². The van der Waals surface area contributed by atoms with Gasteiger partial charge in [-0.3, -0.25) is 4.79 Å². The summed E-state index contributed by atoms with van der Waals surface area (Å²) in [7, 11) is 0. The monoisotopic (exact) mass is 311 g/mol. The van der Waals surface area contributed by atoms with Crippen LogP contribution in [0.25, 0.3) is 0 Å². The van der Waals surface area contributed by atoms with Crippen LogP contribution in [0.3, 0.4) is 0 Å². The molecule has 0 aromatic heterocycles. The zero-order valence-electron chi connectivity index (χ0n) is 14.7. The minimum absolute atomic E-state index is 0.108. The molecule has 1 unspecified atom stereocenters. The molecule has 1 aromatic carbocycles. The fraction of sp³-hybridized carbons (Fsp3) is 0.667. The van der Waals surface area contributed by atoms with E-state index >= 15 is 0 Å². The molecule has 23 heavy (non-hydrogen) atoms. The summed E-state index contributed by atoms with van der Waals surface area (Å²) >= 11 is 0. The molecule has 124 valence electrons. The SMILES string of the molecule is Cc1ccc(C(=O)NC(C)C23CC4CC(CC(C4)C2)C3)cc1C. The van der Waals surface area contributed by atoms with E-state index in [1.165, 1.54) is 49.7 Å². The second-order valence-corrected chi connectivity index (χ2v) is 8.77. The van der Waals surface area contributed by atoms with Gasteiger partial charge in [0.25, 0.3) is 5.91 Å². The number of amides is 1. The zero-order valence-corrected chi connectivity index (χ0v) is 14.7. The van der Waals surface area contributed by atoms with Crippen molar-refractivity contribution in [1.29, 1.82) is 0 Å². The predicted octanol–water partition coefficient (Wildman–Crippen LogP) is 4.64. The Morgan fingerprint density at radius 2 is 1.61 bits per heavy atom. The largest absolute Gasteiger partial charge is 0.349 e. The molecule has 0 radical (unpaired) electrons. The minimum atomic E-state index is 0.108. The van der Waals surface area contributed by atoms with Gasteiger partial charge in [-0.1, -0.05) is 6.07 Å². The summed E-state index contributed by atoms with van der Waals surface area (Å²) in [6.45, 7) is 6.43. The molecule has 1 N–H and O–H groups in total. The first-order chi connectivity index (χ1) is 10.9. The van der Waals surface area contributed by atoms with Gasteiger partial charge in [-0.25, -0.2) is 0 Å². The molecule has 0 saturated heterocycles. The highest BCUT2D eigenvalue weighted by molar-refractivity contribution is 5.94. The van der Waals surface area contributed by atoms with Gasteiger partial charge in [0, 0.05) is 11.6 Å². The van der Waals surface area contributed by atoms with E-state index in [0.29, 0.717) is 11.5 Å². The molecule has 4 aliphatic rings. The molecule has 2 heteroatoms. The number of hydrogen-bond acceptors (Lipinski definition) is 1. The van der Waals surface area contributed by atoms with Crippen LogP contribution < -0.4 is 5.32 Å². The van der Waals surface area contributed by atoms with E-state index < -0.39 is 0 Å². The maximum atomic E-state index is 12.7. The van der Waals surface area contributed by atoms with Crippen molar-refractivity contribution < 1.29 is 4.79 Å². The molecule has 0 heterocycles. The number of rotatable bonds is 3. The molecule has 4 saturated carbocycles. The number of benzene rings is 1. The van der Waals surface area contributed by atoms with Gasteiger partial charge in [-0.15, -0.1) is 0 Å². The molecular formula is C21H29NO. The second-order valence-electron chi connectivity index (χ2n) is 8.77. The van der Waals surface area contributed by atoms with Gasteiger partial charge in [0.15, 0.2) is 0 Å². The normalized spacial score (nSPS) is 36.0. The second kappa shape index (κ2) is 5.36. The lowest BCUT2D eigenvalue weighted by molar-refractivity contribution is -0.0688. The zero-order chi connectivity index (χ0) is 16.2. The molecule has 1 amide bonds. The van der Waals surface area contributed by atoms with Crippen molar-refractivity contribution in [2.75, 3.05) is 0 Å². The Labute approximate surface area is 140 Å². The lowest BCUT2D eigenvalue weighted by Crippen LogP contribution is -2.55. The van der Waals surface area contributed by atoms with E-state index in [9.17, 15) is 4.79 Å². The fourth-order valence-corrected chi connectivity index (χ4v) is 6.02. The Hall–Kier alpha value is -1.31. The summed E-state index contributed by atoms with van der Waals surface area (Å²) in [6.07, 6.45) is 8.39. The topological polar surface area (TPSA) is 29.1 Å². The molecule has 0 aliphatic heterocycles. The van der Waals surface area contributed by atoms with Crippen LogP contribution in [-0.4, -0.2) is 11.9 Å². The van der Waals surface area contributed by atoms with E-state index in [1.807, 2.05) is 12.1 Å². The summed E-state index contributed by atoms with van der Waals surface area (Å²) in [6, 6.07) is 6.34. The van der Waals surface area contributed by atoms with Crippen molar-refractivity contribution >= 4 is 5.91 Å². The van der Waals surface area contributed by atoms with Gasteiger partial charge in [0.05, 0.1) is 0 Å². The quantitative estimate of drug-likeness (QED) is 0.866. The molecule has 5 rings (SSSR count). The van der Waals surface area contributed by atoms with Crippen LogP contribution in [0.1, 0.15) is 66.9 Å². The van der Waals surface area contributed by atoms with Crippen LogP contribution in [0.15, 0.2) is 18.2 Å². The summed E-state index contributed by atoms with van der Waals surface area (Å²) in [4.78, 5) is 12.7. The first kappa shape index (κ1) is 15.2. The average molecular weight is 311 g/mol. The van der Waals surface area contributed by atoms with E-state index in [-0.39, 0.29) is 5.91 Å². The van der Waals surface area contributed by atoms with Gasteiger partial charge in [-0.2, -0.15) is 0 Å². The maximum absolute atomic E-state index is 12.7. The van der Waals surface area contributed by atoms with Crippen LogP contribution in [0.2, 0.25) is 0 Å². The highest BCUT2D eigenvalue weighted by Gasteiger charge is 2.53. The molecule has 1 aromatic rings. The van der Waals surface area contributed by atoms with Crippen LogP contribution >= 0.6 is 0 Å². The van der Waals surface area contributed by atoms with Crippen molar-refractivity contribution in [3.63, 3.8) is 0 Å². The van der Waals surface area contributed by atoms with Crippen molar-refractivity contribution in [3.05, 3.63) is 34.9 Å². The fourth-order valence-electron chi connectivity index (χ4n) is 6.02. The highest BCUT2D eigenvalue weighted by atomic mass is 16.1. The van der Waals surface area contributed by atoms with E-state index in [0.717, 1.165) is 23.3 Å². The predicted molar refractivity (Wildman–Crippen MR) is 93.4 cm³/mol. The summed E-state index contributed by atoms with van der Waals surface area (Å²) in [5, 5.41) is 3.36. The molecular weight excluding hydrogens is 282 g/mol. The number of nitrogens with one attached hydrogen (secondary N) is 1. The van der Waals surface area contributed by atoms with Crippen molar-refractivity contribution in [1.82, 2.24) is 5.32 Å². The third kappa shape index (κ3) is 2.60. The van der Waals surface area contributed by atoms with Gasteiger partial charge in [-0.05, 0) is 106 Å². The van der Waals surface area contributed by atoms with E-state index in [4.69, 9.17) is 0 Å². The van der Waals surface area contributed by atoms with Crippen molar-refractivity contribution in [3.8, 4) is 0 Å². The van der Waals surface area contributed by atoms with Crippen LogP contribution in [0.4, 0.5) is 0 Å².